The molecule has 0 aliphatic carbocycles. The first-order valence-corrected chi connectivity index (χ1v) is 4.18. The molecule has 2 heteroatoms. The zero-order chi connectivity index (χ0) is 9.52. The molecule has 0 heterocycles. The lowest BCUT2D eigenvalue weighted by Crippen LogP contribution is -1.86. The molecule has 2 nitrogen and oxygen atoms in total. The molecule has 1 rings (SSSR count). The number of hydrogen-bond donors (Lipinski definition) is 1. The van der Waals surface area contributed by atoms with E-state index in [9.17, 15) is 0 Å². The molecular weight excluding hydrogens is 160 g/mol. The highest BCUT2D eigenvalue weighted by molar-refractivity contribution is 5.54. The summed E-state index contributed by atoms with van der Waals surface area (Å²) in [5.74, 6) is 0. The average Bonchev–Trinajstić information content (AvgIpc) is 2.19. The Hall–Kier alpha value is -1.75. The highest BCUT2D eigenvalue weighted by Gasteiger charge is 1.87. The third-order valence-electron chi connectivity index (χ3n) is 1.72. The van der Waals surface area contributed by atoms with Crippen LogP contribution in [0.1, 0.15) is 12.0 Å². The molecule has 0 saturated heterocycles. The maximum Gasteiger partial charge on any atom is 0.0663 e. The second-order valence-corrected chi connectivity index (χ2v) is 2.64. The molecule has 1 N–H and O–H groups in total. The van der Waals surface area contributed by atoms with Gasteiger partial charge in [-0.3, -0.25) is 0 Å². The first kappa shape index (κ1) is 9.34. The van der Waals surface area contributed by atoms with Crippen molar-refractivity contribution in [1.29, 1.82) is 5.26 Å². The predicted octanol–water partition coefficient (Wildman–Crippen LogP) is 2.66. The van der Waals surface area contributed by atoms with Crippen molar-refractivity contribution in [1.82, 2.24) is 0 Å². The summed E-state index contributed by atoms with van der Waals surface area (Å²) in [5, 5.41) is 11.4. The van der Waals surface area contributed by atoms with Gasteiger partial charge in [0.05, 0.1) is 12.5 Å². The molecule has 0 radical (unpaired) electrons. The zero-order valence-corrected chi connectivity index (χ0v) is 7.62. The zero-order valence-electron chi connectivity index (χ0n) is 7.62. The SMILES string of the molecule is CNc1ccc(C=CCC#N)cc1. The van der Waals surface area contributed by atoms with Crippen LogP contribution in [0.15, 0.2) is 30.3 Å². The minimum atomic E-state index is 0.466. The number of nitrogens with zero attached hydrogens (tertiary/aromatic N) is 1. The van der Waals surface area contributed by atoms with E-state index in [2.05, 4.69) is 11.4 Å². The number of allylic oxidation sites excluding steroid dienone is 1. The van der Waals surface area contributed by atoms with Crippen molar-refractivity contribution in [2.24, 2.45) is 0 Å². The standard InChI is InChI=1S/C11H12N2/c1-13-11-7-5-10(6-8-11)4-2-3-9-12/h2,4-8,13H,3H2,1H3. The molecule has 13 heavy (non-hydrogen) atoms. The van der Waals surface area contributed by atoms with Crippen LogP contribution in [0.5, 0.6) is 0 Å². The summed E-state index contributed by atoms with van der Waals surface area (Å²) in [6.45, 7) is 0. The molecule has 0 amide bonds. The third-order valence-corrected chi connectivity index (χ3v) is 1.72. The van der Waals surface area contributed by atoms with E-state index < -0.39 is 0 Å². The summed E-state index contributed by atoms with van der Waals surface area (Å²) in [4.78, 5) is 0. The molecule has 0 saturated carbocycles. The topological polar surface area (TPSA) is 35.8 Å². The van der Waals surface area contributed by atoms with Crippen molar-refractivity contribution in [3.63, 3.8) is 0 Å². The van der Waals surface area contributed by atoms with Gasteiger partial charge < -0.3 is 5.32 Å². The van der Waals surface area contributed by atoms with E-state index in [1.165, 1.54) is 0 Å². The van der Waals surface area contributed by atoms with E-state index in [-0.39, 0.29) is 0 Å². The lowest BCUT2D eigenvalue weighted by Gasteiger charge is -1.98. The number of rotatable bonds is 3. The second-order valence-electron chi connectivity index (χ2n) is 2.64. The van der Waals surface area contributed by atoms with Crippen LogP contribution in [-0.4, -0.2) is 7.05 Å². The molecule has 1 aromatic carbocycles. The van der Waals surface area contributed by atoms with E-state index >= 15 is 0 Å². The van der Waals surface area contributed by atoms with E-state index in [1.54, 1.807) is 0 Å². The lowest BCUT2D eigenvalue weighted by molar-refractivity contribution is 1.36. The van der Waals surface area contributed by atoms with E-state index in [0.717, 1.165) is 11.3 Å². The van der Waals surface area contributed by atoms with Crippen LogP contribution in [-0.2, 0) is 0 Å². The lowest BCUT2D eigenvalue weighted by atomic mass is 10.2. The molecule has 66 valence electrons. The summed E-state index contributed by atoms with van der Waals surface area (Å²) in [6.07, 6.45) is 4.27. The first-order valence-electron chi connectivity index (χ1n) is 4.18. The van der Waals surface area contributed by atoms with E-state index in [0.29, 0.717) is 6.42 Å². The van der Waals surface area contributed by atoms with Gasteiger partial charge in [-0.15, -0.1) is 0 Å². The van der Waals surface area contributed by atoms with Gasteiger partial charge in [0.2, 0.25) is 0 Å². The van der Waals surface area contributed by atoms with Crippen LogP contribution >= 0.6 is 0 Å². The monoisotopic (exact) mass is 172 g/mol. The highest BCUT2D eigenvalue weighted by Crippen LogP contribution is 2.09. The van der Waals surface area contributed by atoms with E-state index in [4.69, 9.17) is 5.26 Å². The van der Waals surface area contributed by atoms with Crippen LogP contribution < -0.4 is 5.32 Å². The molecule has 1 aromatic rings. The van der Waals surface area contributed by atoms with E-state index in [1.807, 2.05) is 43.5 Å². The van der Waals surface area contributed by atoms with Crippen LogP contribution in [0.4, 0.5) is 5.69 Å². The number of nitrogens with one attached hydrogen (secondary N) is 1. The van der Waals surface area contributed by atoms with Crippen molar-refractivity contribution < 1.29 is 0 Å². The molecule has 0 unspecified atom stereocenters. The number of anilines is 1. The summed E-state index contributed by atoms with van der Waals surface area (Å²) in [5.41, 5.74) is 2.21. The molecule has 0 aromatic heterocycles. The number of hydrogen-bond acceptors (Lipinski definition) is 2. The summed E-state index contributed by atoms with van der Waals surface area (Å²) in [7, 11) is 1.89. The summed E-state index contributed by atoms with van der Waals surface area (Å²) >= 11 is 0. The van der Waals surface area contributed by atoms with Crippen molar-refractivity contribution in [3.8, 4) is 6.07 Å². The Morgan fingerprint density at radius 1 is 1.38 bits per heavy atom. The molecule has 0 spiro atoms. The molecular formula is C11H12N2. The Kier molecular flexibility index (Phi) is 3.59. The summed E-state index contributed by atoms with van der Waals surface area (Å²) < 4.78 is 0. The van der Waals surface area contributed by atoms with Gasteiger partial charge in [-0.1, -0.05) is 24.3 Å². The largest absolute Gasteiger partial charge is 0.388 e. The minimum Gasteiger partial charge on any atom is -0.388 e. The smallest absolute Gasteiger partial charge is 0.0663 e. The Bertz CT molecular complexity index is 317. The van der Waals surface area contributed by atoms with Gasteiger partial charge in [0.25, 0.3) is 0 Å². The average molecular weight is 172 g/mol. The Labute approximate surface area is 78.5 Å². The maximum absolute atomic E-state index is 8.32. The number of benzene rings is 1. The highest BCUT2D eigenvalue weighted by atomic mass is 14.8. The fraction of sp³-hybridized carbons (Fsp3) is 0.182. The molecule has 0 aliphatic rings. The van der Waals surface area contributed by atoms with Gasteiger partial charge in [0.15, 0.2) is 0 Å². The fourth-order valence-electron chi connectivity index (χ4n) is 1.01. The Morgan fingerprint density at radius 2 is 2.08 bits per heavy atom. The molecule has 0 fully saturated rings. The van der Waals surface area contributed by atoms with Gasteiger partial charge in [0.1, 0.15) is 0 Å². The first-order chi connectivity index (χ1) is 6.36. The van der Waals surface area contributed by atoms with Crippen LogP contribution in [0.25, 0.3) is 6.08 Å². The van der Waals surface area contributed by atoms with Gasteiger partial charge >= 0.3 is 0 Å². The number of nitriles is 1. The van der Waals surface area contributed by atoms with Gasteiger partial charge in [-0.25, -0.2) is 0 Å². The second kappa shape index (κ2) is 5.00. The van der Waals surface area contributed by atoms with Gasteiger partial charge in [0, 0.05) is 12.7 Å². The summed E-state index contributed by atoms with van der Waals surface area (Å²) in [6, 6.07) is 10.1. The van der Waals surface area contributed by atoms with Gasteiger partial charge in [-0.05, 0) is 17.7 Å². The van der Waals surface area contributed by atoms with Crippen LogP contribution in [0.2, 0.25) is 0 Å². The molecule has 0 atom stereocenters. The predicted molar refractivity (Wildman–Crippen MR) is 55.3 cm³/mol. The maximum atomic E-state index is 8.32. The van der Waals surface area contributed by atoms with Gasteiger partial charge in [-0.2, -0.15) is 5.26 Å². The van der Waals surface area contributed by atoms with Crippen LogP contribution in [0.3, 0.4) is 0 Å². The quantitative estimate of drug-likeness (QED) is 0.760. The Balaban J connectivity index is 2.65. The van der Waals surface area contributed by atoms with Crippen molar-refractivity contribution >= 4 is 11.8 Å². The fourth-order valence-corrected chi connectivity index (χ4v) is 1.01. The normalized spacial score (nSPS) is 9.85. The molecule has 0 bridgehead atoms. The van der Waals surface area contributed by atoms with Crippen molar-refractivity contribution in [2.45, 2.75) is 6.42 Å². The third kappa shape index (κ3) is 3.00. The Morgan fingerprint density at radius 3 is 2.62 bits per heavy atom. The van der Waals surface area contributed by atoms with Crippen molar-refractivity contribution in [3.05, 3.63) is 35.9 Å². The molecule has 0 aliphatic heterocycles. The van der Waals surface area contributed by atoms with Crippen LogP contribution in [0, 0.1) is 11.3 Å². The van der Waals surface area contributed by atoms with Crippen molar-refractivity contribution in [2.75, 3.05) is 12.4 Å². The minimum absolute atomic E-state index is 0.466.